The Hall–Kier alpha value is -3.50. The number of benzene rings is 2. The van der Waals surface area contributed by atoms with Gasteiger partial charge in [-0.1, -0.05) is 30.3 Å². The fraction of sp³-hybridized carbons (Fsp3) is 0.320. The van der Waals surface area contributed by atoms with Gasteiger partial charge in [0.1, 0.15) is 5.56 Å². The molecule has 1 saturated heterocycles. The summed E-state index contributed by atoms with van der Waals surface area (Å²) in [6, 6.07) is 16.0. The molecule has 0 saturated carbocycles. The molecule has 1 aliphatic rings. The average molecular weight is 497 g/mol. The zero-order valence-corrected chi connectivity index (χ0v) is 20.6. The van der Waals surface area contributed by atoms with Crippen LogP contribution in [0.2, 0.25) is 0 Å². The number of carbonyl (C=O) groups excluding carboxylic acids is 2. The van der Waals surface area contributed by atoms with Gasteiger partial charge < -0.3 is 9.64 Å². The van der Waals surface area contributed by atoms with Gasteiger partial charge in [0.05, 0.1) is 29.9 Å². The Kier molecular flexibility index (Phi) is 7.32. The molecule has 0 radical (unpaired) electrons. The third kappa shape index (κ3) is 5.44. The first-order chi connectivity index (χ1) is 16.8. The third-order valence-electron chi connectivity index (χ3n) is 5.98. The minimum absolute atomic E-state index is 0.0476. The molecule has 0 unspecified atom stereocenters. The van der Waals surface area contributed by atoms with Gasteiger partial charge in [0.25, 0.3) is 5.91 Å². The van der Waals surface area contributed by atoms with E-state index in [1.54, 1.807) is 59.8 Å². The quantitative estimate of drug-likeness (QED) is 0.466. The molecule has 1 fully saturated rings. The second kappa shape index (κ2) is 10.4. The summed E-state index contributed by atoms with van der Waals surface area (Å²) >= 11 is 0. The van der Waals surface area contributed by atoms with E-state index in [0.29, 0.717) is 35.6 Å². The molecule has 184 valence electrons. The zero-order valence-electron chi connectivity index (χ0n) is 19.8. The Labute approximate surface area is 205 Å². The molecule has 3 aromatic rings. The van der Waals surface area contributed by atoms with Crippen LogP contribution in [-0.4, -0.2) is 72.1 Å². The molecule has 0 atom stereocenters. The first-order valence-corrected chi connectivity index (χ1v) is 13.0. The number of esters is 1. The largest absolute Gasteiger partial charge is 0.462 e. The van der Waals surface area contributed by atoms with E-state index in [4.69, 9.17) is 4.74 Å². The van der Waals surface area contributed by atoms with Crippen molar-refractivity contribution < 1.29 is 22.7 Å². The lowest BCUT2D eigenvalue weighted by Gasteiger charge is -2.34. The molecule has 2 heterocycles. The maximum Gasteiger partial charge on any atom is 0.341 e. The summed E-state index contributed by atoms with van der Waals surface area (Å²) in [6.07, 6.45) is 1.47. The molecular formula is C25H28N4O5S. The van der Waals surface area contributed by atoms with Crippen LogP contribution in [0.15, 0.2) is 60.8 Å². The van der Waals surface area contributed by atoms with Crippen molar-refractivity contribution in [3.63, 3.8) is 0 Å². The van der Waals surface area contributed by atoms with Crippen molar-refractivity contribution in [3.05, 3.63) is 83.2 Å². The lowest BCUT2D eigenvalue weighted by atomic mass is 10.1. The van der Waals surface area contributed by atoms with Gasteiger partial charge in [-0.15, -0.1) is 0 Å². The van der Waals surface area contributed by atoms with Crippen molar-refractivity contribution in [2.45, 2.75) is 19.6 Å². The Balaban J connectivity index is 1.38. The van der Waals surface area contributed by atoms with Gasteiger partial charge in [-0.2, -0.15) is 9.40 Å². The normalized spacial score (nSPS) is 14.6. The van der Waals surface area contributed by atoms with Gasteiger partial charge in [-0.3, -0.25) is 4.79 Å². The number of sulfonamides is 1. The van der Waals surface area contributed by atoms with Crippen LogP contribution in [0.4, 0.5) is 0 Å². The second-order valence-corrected chi connectivity index (χ2v) is 10.2. The number of nitrogens with zero attached hydrogens (tertiary/aromatic N) is 4. The number of rotatable bonds is 7. The van der Waals surface area contributed by atoms with Crippen LogP contribution in [0.5, 0.6) is 0 Å². The van der Waals surface area contributed by atoms with Crippen molar-refractivity contribution in [1.82, 2.24) is 19.0 Å². The summed E-state index contributed by atoms with van der Waals surface area (Å²) < 4.78 is 33.7. The van der Waals surface area contributed by atoms with Gasteiger partial charge in [-0.25, -0.2) is 17.9 Å². The molecule has 0 spiro atoms. The predicted octanol–water partition coefficient (Wildman–Crippen LogP) is 2.65. The minimum atomic E-state index is -3.45. The highest BCUT2D eigenvalue weighted by atomic mass is 32.2. The first-order valence-electron chi connectivity index (χ1n) is 11.4. The molecule has 1 aliphatic heterocycles. The van der Waals surface area contributed by atoms with Crippen LogP contribution in [0.1, 0.15) is 38.9 Å². The summed E-state index contributed by atoms with van der Waals surface area (Å²) in [5.41, 5.74) is 3.01. The van der Waals surface area contributed by atoms with E-state index >= 15 is 0 Å². The smallest absolute Gasteiger partial charge is 0.341 e. The molecule has 0 bridgehead atoms. The number of carbonyl (C=O) groups is 2. The third-order valence-corrected chi connectivity index (χ3v) is 7.83. The van der Waals surface area contributed by atoms with Crippen molar-refractivity contribution in [1.29, 1.82) is 0 Å². The van der Waals surface area contributed by atoms with Crippen LogP contribution in [0.3, 0.4) is 0 Å². The van der Waals surface area contributed by atoms with Gasteiger partial charge in [0.2, 0.25) is 10.0 Å². The highest BCUT2D eigenvalue weighted by molar-refractivity contribution is 7.88. The Morgan fingerprint density at radius 1 is 0.971 bits per heavy atom. The maximum atomic E-state index is 13.0. The van der Waals surface area contributed by atoms with Crippen LogP contribution in [0, 0.1) is 6.92 Å². The van der Waals surface area contributed by atoms with Crippen molar-refractivity contribution in [2.75, 3.05) is 32.8 Å². The lowest BCUT2D eigenvalue weighted by molar-refractivity contribution is 0.0525. The predicted molar refractivity (Wildman–Crippen MR) is 131 cm³/mol. The second-order valence-electron chi connectivity index (χ2n) is 8.26. The SMILES string of the molecule is CCOC(=O)c1cnn(-c2ccc(C(=O)N3CCN(S(=O)(=O)Cc4ccccc4)CC3)cc2)c1C. The highest BCUT2D eigenvalue weighted by Gasteiger charge is 2.29. The fourth-order valence-electron chi connectivity index (χ4n) is 4.05. The summed E-state index contributed by atoms with van der Waals surface area (Å²) in [6.45, 7) is 5.00. The molecule has 1 amide bonds. The summed E-state index contributed by atoms with van der Waals surface area (Å²) in [4.78, 5) is 26.7. The van der Waals surface area contributed by atoms with Crippen LogP contribution < -0.4 is 0 Å². The van der Waals surface area contributed by atoms with Gasteiger partial charge in [0, 0.05) is 31.7 Å². The molecule has 9 nitrogen and oxygen atoms in total. The molecule has 10 heteroatoms. The van der Waals surface area contributed by atoms with E-state index in [0.717, 1.165) is 5.56 Å². The summed E-state index contributed by atoms with van der Waals surface area (Å²) in [5, 5.41) is 4.27. The number of amides is 1. The summed E-state index contributed by atoms with van der Waals surface area (Å²) in [7, 11) is -3.45. The zero-order chi connectivity index (χ0) is 25.0. The molecule has 0 aliphatic carbocycles. The van der Waals surface area contributed by atoms with E-state index in [1.807, 2.05) is 18.2 Å². The number of ether oxygens (including phenoxy) is 1. The van der Waals surface area contributed by atoms with Crippen molar-refractivity contribution in [3.8, 4) is 5.69 Å². The van der Waals surface area contributed by atoms with Crippen LogP contribution >= 0.6 is 0 Å². The van der Waals surface area contributed by atoms with Crippen LogP contribution in [0.25, 0.3) is 5.69 Å². The van der Waals surface area contributed by atoms with E-state index in [9.17, 15) is 18.0 Å². The average Bonchev–Trinajstić information content (AvgIpc) is 3.25. The molecule has 0 N–H and O–H groups in total. The van der Waals surface area contributed by atoms with Crippen LogP contribution in [-0.2, 0) is 20.5 Å². The van der Waals surface area contributed by atoms with Gasteiger partial charge in [-0.05, 0) is 43.7 Å². The minimum Gasteiger partial charge on any atom is -0.462 e. The Morgan fingerprint density at radius 3 is 2.26 bits per heavy atom. The molecule has 35 heavy (non-hydrogen) atoms. The molecule has 2 aromatic carbocycles. The molecule has 1 aromatic heterocycles. The molecular weight excluding hydrogens is 468 g/mol. The monoisotopic (exact) mass is 496 g/mol. The first kappa shape index (κ1) is 24.6. The summed E-state index contributed by atoms with van der Waals surface area (Å²) in [5.74, 6) is -0.623. The lowest BCUT2D eigenvalue weighted by Crippen LogP contribution is -2.50. The van der Waals surface area contributed by atoms with Gasteiger partial charge >= 0.3 is 5.97 Å². The maximum absolute atomic E-state index is 13.0. The number of aromatic nitrogens is 2. The topological polar surface area (TPSA) is 102 Å². The Bertz CT molecular complexity index is 1300. The standard InChI is InChI=1S/C25H28N4O5S/c1-3-34-25(31)23-17-26-29(19(23)2)22-11-9-21(10-12-22)24(30)27-13-15-28(16-14-27)35(32,33)18-20-7-5-4-6-8-20/h4-12,17H,3,13-16,18H2,1-2H3. The fourth-order valence-corrected chi connectivity index (χ4v) is 5.57. The number of hydrogen-bond acceptors (Lipinski definition) is 6. The van der Waals surface area contributed by atoms with E-state index in [1.165, 1.54) is 10.5 Å². The van der Waals surface area contributed by atoms with E-state index < -0.39 is 16.0 Å². The van der Waals surface area contributed by atoms with Crippen molar-refractivity contribution in [2.24, 2.45) is 0 Å². The van der Waals surface area contributed by atoms with Gasteiger partial charge in [0.15, 0.2) is 0 Å². The Morgan fingerprint density at radius 2 is 1.63 bits per heavy atom. The highest BCUT2D eigenvalue weighted by Crippen LogP contribution is 2.18. The van der Waals surface area contributed by atoms with Crippen molar-refractivity contribution >= 4 is 21.9 Å². The molecule has 4 rings (SSSR count). The van der Waals surface area contributed by atoms with E-state index in [-0.39, 0.29) is 31.4 Å². The van der Waals surface area contributed by atoms with E-state index in [2.05, 4.69) is 5.10 Å². The number of hydrogen-bond donors (Lipinski definition) is 0. The number of piperazine rings is 1.